The number of rotatable bonds is 7. The molecule has 156 valence electrons. The van der Waals surface area contributed by atoms with Gasteiger partial charge in [-0.2, -0.15) is 8.42 Å². The van der Waals surface area contributed by atoms with E-state index in [2.05, 4.69) is 25.5 Å². The number of nitrogens with one attached hydrogen (secondary N) is 2. The Morgan fingerprint density at radius 2 is 2.10 bits per heavy atom. The second-order valence-corrected chi connectivity index (χ2v) is 8.18. The van der Waals surface area contributed by atoms with Gasteiger partial charge < -0.3 is 15.2 Å². The number of pyridine rings is 1. The molecule has 3 rings (SSSR count). The molecule has 0 atom stereocenters. The molecule has 0 aliphatic rings. The van der Waals surface area contributed by atoms with E-state index in [0.29, 0.717) is 22.2 Å². The molecule has 1 amide bonds. The minimum Gasteiger partial charge on any atom is -0.504 e. The maximum atomic E-state index is 11.3. The number of benzene rings is 1. The van der Waals surface area contributed by atoms with Gasteiger partial charge in [0.2, 0.25) is 11.0 Å². The van der Waals surface area contributed by atoms with Gasteiger partial charge in [0.25, 0.3) is 10.1 Å². The quantitative estimate of drug-likeness (QED) is 0.183. The smallest absolute Gasteiger partial charge is 0.294 e. The summed E-state index contributed by atoms with van der Waals surface area (Å²) in [4.78, 5) is 19.2. The molecule has 30 heavy (non-hydrogen) atoms. The largest absolute Gasteiger partial charge is 0.504 e. The fourth-order valence-electron chi connectivity index (χ4n) is 2.30. The predicted octanol–water partition coefficient (Wildman–Crippen LogP) is 3.14. The first-order valence-electron chi connectivity index (χ1n) is 8.08. The summed E-state index contributed by atoms with van der Waals surface area (Å²) in [5, 5.41) is 27.4. The van der Waals surface area contributed by atoms with Crippen LogP contribution >= 0.6 is 11.3 Å². The number of thiazole rings is 1. The highest BCUT2D eigenvalue weighted by Gasteiger charge is 2.14. The zero-order chi connectivity index (χ0) is 21.9. The highest BCUT2D eigenvalue weighted by atomic mass is 32.2. The molecule has 2 heterocycles. The van der Waals surface area contributed by atoms with Crippen molar-refractivity contribution in [2.24, 2.45) is 10.2 Å². The molecule has 0 saturated heterocycles. The number of azo groups is 1. The molecule has 0 unspecified atom stereocenters. The molecule has 0 saturated carbocycles. The fourth-order valence-corrected chi connectivity index (χ4v) is 3.71. The number of aromatic hydroxyl groups is 1. The van der Waals surface area contributed by atoms with E-state index < -0.39 is 16.0 Å². The summed E-state index contributed by atoms with van der Waals surface area (Å²) >= 11 is 1.03. The first kappa shape index (κ1) is 21.2. The number of anilines is 1. The van der Waals surface area contributed by atoms with Gasteiger partial charge in [0.05, 0.1) is 15.1 Å². The number of carbonyl (C=O) groups excluding carboxylic acids is 1. The third-order valence-corrected chi connectivity index (χ3v) is 5.30. The van der Waals surface area contributed by atoms with Gasteiger partial charge in [-0.25, -0.2) is 9.97 Å². The molecular weight excluding hydrogens is 436 g/mol. The van der Waals surface area contributed by atoms with E-state index in [1.807, 2.05) is 0 Å². The van der Waals surface area contributed by atoms with Crippen LogP contribution in [-0.4, -0.2) is 40.4 Å². The minimum atomic E-state index is -4.35. The van der Waals surface area contributed by atoms with Crippen molar-refractivity contribution in [3.8, 4) is 5.75 Å². The lowest BCUT2D eigenvalue weighted by atomic mass is 10.2. The van der Waals surface area contributed by atoms with Crippen molar-refractivity contribution in [1.29, 1.82) is 5.41 Å². The summed E-state index contributed by atoms with van der Waals surface area (Å²) in [5.74, 6) is -0.885. The summed E-state index contributed by atoms with van der Waals surface area (Å²) in [6.07, 6.45) is 0.708. The van der Waals surface area contributed by atoms with Gasteiger partial charge >= 0.3 is 0 Å². The van der Waals surface area contributed by atoms with Crippen molar-refractivity contribution < 1.29 is 27.6 Å². The molecule has 1 aromatic carbocycles. The lowest BCUT2D eigenvalue weighted by Crippen LogP contribution is -2.08. The highest BCUT2D eigenvalue weighted by Crippen LogP contribution is 2.33. The number of aromatic nitrogens is 2. The SMILES string of the molecule is CC(=O)Nc1nc(N=Nc2nc3ccc(S(=O)(=O)O)cc3s2)c(COC=N)cc1O. The van der Waals surface area contributed by atoms with Gasteiger partial charge in [0, 0.05) is 12.5 Å². The Hall–Kier alpha value is -3.49. The van der Waals surface area contributed by atoms with Gasteiger partial charge in [-0.1, -0.05) is 11.3 Å². The molecule has 4 N–H and O–H groups in total. The molecule has 3 aromatic rings. The van der Waals surface area contributed by atoms with Crippen LogP contribution in [0.5, 0.6) is 5.75 Å². The number of hydrogen-bond acceptors (Lipinski definition) is 11. The minimum absolute atomic E-state index is 0.0104. The van der Waals surface area contributed by atoms with Crippen LogP contribution in [0.4, 0.5) is 16.8 Å². The molecule has 0 radical (unpaired) electrons. The van der Waals surface area contributed by atoms with Gasteiger partial charge in [-0.05, 0) is 24.3 Å². The molecule has 0 aliphatic heterocycles. The summed E-state index contributed by atoms with van der Waals surface area (Å²) in [5.41, 5.74) is 0.745. The second-order valence-electron chi connectivity index (χ2n) is 5.75. The molecule has 0 spiro atoms. The Bertz CT molecular complexity index is 1270. The molecule has 12 nitrogen and oxygen atoms in total. The average Bonchev–Trinajstić information content (AvgIpc) is 3.08. The van der Waals surface area contributed by atoms with Crippen LogP contribution < -0.4 is 5.32 Å². The van der Waals surface area contributed by atoms with Crippen LogP contribution in [0.15, 0.2) is 39.4 Å². The topological polar surface area (TPSA) is 187 Å². The van der Waals surface area contributed by atoms with E-state index in [0.717, 1.165) is 11.3 Å². The van der Waals surface area contributed by atoms with Gasteiger partial charge in [0.15, 0.2) is 23.8 Å². The number of hydrogen-bond donors (Lipinski definition) is 4. The third-order valence-electron chi connectivity index (χ3n) is 3.55. The number of ether oxygens (including phenoxy) is 1. The van der Waals surface area contributed by atoms with Crippen molar-refractivity contribution in [3.63, 3.8) is 0 Å². The Balaban J connectivity index is 1.98. The standard InChI is InChI=1S/C16H14N6O6S2/c1-8(23)18-15-12(24)4-9(6-28-7-17)14(20-15)21-22-16-19-11-3-2-10(30(25,26)27)5-13(11)29-16/h2-5,7,17,24H,6H2,1H3,(H,18,20,23)(H,25,26,27). The monoisotopic (exact) mass is 450 g/mol. The van der Waals surface area contributed by atoms with Crippen LogP contribution in [0.25, 0.3) is 10.2 Å². The number of nitrogens with zero attached hydrogens (tertiary/aromatic N) is 4. The summed E-state index contributed by atoms with van der Waals surface area (Å²) < 4.78 is 37.0. The fraction of sp³-hybridized carbons (Fsp3) is 0.125. The van der Waals surface area contributed by atoms with E-state index in [1.165, 1.54) is 31.2 Å². The number of carbonyl (C=O) groups is 1. The zero-order valence-corrected chi connectivity index (χ0v) is 16.9. The molecule has 2 aromatic heterocycles. The van der Waals surface area contributed by atoms with Crippen molar-refractivity contribution >= 4 is 60.7 Å². The molecule has 0 bridgehead atoms. The van der Waals surface area contributed by atoms with Crippen molar-refractivity contribution in [3.05, 3.63) is 29.8 Å². The van der Waals surface area contributed by atoms with Gasteiger partial charge in [0.1, 0.15) is 6.61 Å². The first-order chi connectivity index (χ1) is 14.2. The van der Waals surface area contributed by atoms with E-state index in [1.54, 1.807) is 0 Å². The summed E-state index contributed by atoms with van der Waals surface area (Å²) in [6, 6.07) is 5.17. The first-order valence-corrected chi connectivity index (χ1v) is 10.3. The van der Waals surface area contributed by atoms with E-state index in [9.17, 15) is 18.3 Å². The number of fused-ring (bicyclic) bond motifs is 1. The molecule has 0 fully saturated rings. The molecule has 0 aliphatic carbocycles. The molecule has 14 heteroatoms. The van der Waals surface area contributed by atoms with Crippen LogP contribution in [0.2, 0.25) is 0 Å². The third kappa shape index (κ3) is 4.91. The second kappa shape index (κ2) is 8.48. The van der Waals surface area contributed by atoms with Crippen LogP contribution in [-0.2, 0) is 26.3 Å². The zero-order valence-electron chi connectivity index (χ0n) is 15.2. The predicted molar refractivity (Wildman–Crippen MR) is 107 cm³/mol. The summed E-state index contributed by atoms with van der Waals surface area (Å²) in [7, 11) is -4.35. The summed E-state index contributed by atoms with van der Waals surface area (Å²) in [6.45, 7) is 1.12. The maximum absolute atomic E-state index is 11.3. The highest BCUT2D eigenvalue weighted by molar-refractivity contribution is 7.85. The Kier molecular flexibility index (Phi) is 6.00. The van der Waals surface area contributed by atoms with E-state index in [4.69, 9.17) is 14.7 Å². The van der Waals surface area contributed by atoms with Crippen LogP contribution in [0.1, 0.15) is 12.5 Å². The van der Waals surface area contributed by atoms with Gasteiger partial charge in [-0.15, -0.1) is 10.2 Å². The lowest BCUT2D eigenvalue weighted by Gasteiger charge is -2.09. The lowest BCUT2D eigenvalue weighted by molar-refractivity contribution is -0.114. The Labute approximate surface area is 173 Å². The van der Waals surface area contributed by atoms with Gasteiger partial charge in [-0.3, -0.25) is 14.8 Å². The maximum Gasteiger partial charge on any atom is 0.294 e. The Morgan fingerprint density at radius 3 is 2.77 bits per heavy atom. The van der Waals surface area contributed by atoms with E-state index >= 15 is 0 Å². The van der Waals surface area contributed by atoms with E-state index in [-0.39, 0.29) is 34.0 Å². The van der Waals surface area contributed by atoms with Crippen molar-refractivity contribution in [2.45, 2.75) is 18.4 Å². The van der Waals surface area contributed by atoms with Crippen LogP contribution in [0, 0.1) is 5.41 Å². The van der Waals surface area contributed by atoms with Crippen molar-refractivity contribution in [2.75, 3.05) is 5.32 Å². The Morgan fingerprint density at radius 1 is 1.33 bits per heavy atom. The average molecular weight is 450 g/mol. The van der Waals surface area contributed by atoms with Crippen molar-refractivity contribution in [1.82, 2.24) is 9.97 Å². The normalized spacial score (nSPS) is 11.7. The number of amides is 1. The molecular formula is C16H14N6O6S2. The van der Waals surface area contributed by atoms with Crippen LogP contribution in [0.3, 0.4) is 0 Å².